The van der Waals surface area contributed by atoms with Crippen molar-refractivity contribution in [3.63, 3.8) is 0 Å². The van der Waals surface area contributed by atoms with E-state index in [9.17, 15) is 18.0 Å². The van der Waals surface area contributed by atoms with Crippen LogP contribution in [-0.4, -0.2) is 28.7 Å². The molecule has 0 aliphatic heterocycles. The number of carbonyl (C=O) groups is 1. The minimum atomic E-state index is -4.41. The monoisotopic (exact) mass is 403 g/mol. The fourth-order valence-electron chi connectivity index (χ4n) is 3.54. The molecule has 1 fully saturated rings. The summed E-state index contributed by atoms with van der Waals surface area (Å²) in [5.41, 5.74) is 2.91. The van der Waals surface area contributed by atoms with E-state index < -0.39 is 12.8 Å². The largest absolute Gasteiger partial charge is 0.468 e. The molecule has 0 bridgehead atoms. The second-order valence-electron chi connectivity index (χ2n) is 7.30. The second kappa shape index (κ2) is 7.42. The molecule has 0 saturated heterocycles. The van der Waals surface area contributed by atoms with Crippen LogP contribution in [0.25, 0.3) is 10.9 Å². The number of ether oxygens (including phenoxy) is 1. The first-order chi connectivity index (χ1) is 13.8. The average Bonchev–Trinajstić information content (AvgIpc) is 3.34. The van der Waals surface area contributed by atoms with Gasteiger partial charge in [-0.3, -0.25) is 4.79 Å². The van der Waals surface area contributed by atoms with Crippen molar-refractivity contribution >= 4 is 16.8 Å². The van der Waals surface area contributed by atoms with E-state index >= 15 is 0 Å². The number of halogens is 3. The Bertz CT molecular complexity index is 1010. The lowest BCUT2D eigenvalue weighted by Gasteiger charge is -2.15. The molecular weight excluding hydrogens is 383 g/mol. The number of fused-ring (bicyclic) bond motifs is 1. The van der Waals surface area contributed by atoms with Crippen molar-refractivity contribution in [2.75, 3.05) is 6.61 Å². The van der Waals surface area contributed by atoms with Gasteiger partial charge in [-0.1, -0.05) is 24.3 Å². The summed E-state index contributed by atoms with van der Waals surface area (Å²) in [5.74, 6) is -0.0520. The lowest BCUT2D eigenvalue weighted by Crippen LogP contribution is -2.28. The van der Waals surface area contributed by atoms with Gasteiger partial charge in [0, 0.05) is 29.9 Å². The van der Waals surface area contributed by atoms with Crippen molar-refractivity contribution < 1.29 is 22.7 Å². The van der Waals surface area contributed by atoms with E-state index in [1.54, 1.807) is 6.07 Å². The molecule has 0 spiro atoms. The maximum atomic E-state index is 12.6. The predicted molar refractivity (Wildman–Crippen MR) is 101 cm³/mol. The first-order valence-corrected chi connectivity index (χ1v) is 9.34. The SMILES string of the molecule is CC(NC(=O)[C@@H]1C[C@H]1c1cccc2cc[nH]c12)c1ccc(OCC(F)(F)F)nc1. The molecular formula is C21H20F3N3O2. The molecule has 1 unspecified atom stereocenters. The Balaban J connectivity index is 1.35. The molecule has 8 heteroatoms. The summed E-state index contributed by atoms with van der Waals surface area (Å²) < 4.78 is 41.2. The van der Waals surface area contributed by atoms with E-state index in [1.807, 2.05) is 37.4 Å². The van der Waals surface area contributed by atoms with Gasteiger partial charge < -0.3 is 15.0 Å². The number of aromatic nitrogens is 2. The molecule has 2 heterocycles. The highest BCUT2D eigenvalue weighted by Gasteiger charge is 2.45. The molecule has 152 valence electrons. The molecule has 3 aromatic rings. The Kier molecular flexibility index (Phi) is 4.94. The van der Waals surface area contributed by atoms with Crippen LogP contribution >= 0.6 is 0 Å². The molecule has 1 amide bonds. The maximum absolute atomic E-state index is 12.6. The van der Waals surface area contributed by atoms with Crippen LogP contribution in [0.5, 0.6) is 5.88 Å². The van der Waals surface area contributed by atoms with E-state index in [0.717, 1.165) is 22.9 Å². The van der Waals surface area contributed by atoms with Crippen LogP contribution in [0.1, 0.15) is 36.4 Å². The van der Waals surface area contributed by atoms with Crippen molar-refractivity contribution in [2.45, 2.75) is 31.5 Å². The summed E-state index contributed by atoms with van der Waals surface area (Å²) in [7, 11) is 0. The third-order valence-corrected chi connectivity index (χ3v) is 5.15. The van der Waals surface area contributed by atoms with Crippen LogP contribution in [0.3, 0.4) is 0 Å². The Morgan fingerprint density at radius 3 is 2.86 bits per heavy atom. The zero-order valence-corrected chi connectivity index (χ0v) is 15.7. The van der Waals surface area contributed by atoms with Gasteiger partial charge in [-0.2, -0.15) is 13.2 Å². The third kappa shape index (κ3) is 4.36. The lowest BCUT2D eigenvalue weighted by atomic mass is 10.1. The van der Waals surface area contributed by atoms with E-state index in [2.05, 4.69) is 20.0 Å². The van der Waals surface area contributed by atoms with E-state index in [-0.39, 0.29) is 29.7 Å². The molecule has 1 aromatic carbocycles. The Hall–Kier alpha value is -3.03. The first-order valence-electron chi connectivity index (χ1n) is 9.34. The normalized spacial score (nSPS) is 19.7. The number of aromatic amines is 1. The minimum absolute atomic E-state index is 0.0385. The summed E-state index contributed by atoms with van der Waals surface area (Å²) in [4.78, 5) is 19.8. The molecule has 1 aliphatic rings. The summed E-state index contributed by atoms with van der Waals surface area (Å²) in [6.07, 6.45) is -0.310. The van der Waals surface area contributed by atoms with Crippen molar-refractivity contribution in [2.24, 2.45) is 5.92 Å². The minimum Gasteiger partial charge on any atom is -0.468 e. The van der Waals surface area contributed by atoms with Crippen LogP contribution in [0, 0.1) is 5.92 Å². The van der Waals surface area contributed by atoms with Gasteiger partial charge in [-0.15, -0.1) is 0 Å². The zero-order chi connectivity index (χ0) is 20.6. The third-order valence-electron chi connectivity index (χ3n) is 5.15. The van der Waals surface area contributed by atoms with Gasteiger partial charge in [0.05, 0.1) is 6.04 Å². The van der Waals surface area contributed by atoms with Gasteiger partial charge in [-0.25, -0.2) is 4.98 Å². The number of pyridine rings is 1. The molecule has 2 aromatic heterocycles. The number of nitrogens with one attached hydrogen (secondary N) is 2. The number of para-hydroxylation sites is 1. The fourth-order valence-corrected chi connectivity index (χ4v) is 3.54. The summed E-state index contributed by atoms with van der Waals surface area (Å²) >= 11 is 0. The molecule has 1 saturated carbocycles. The molecule has 5 nitrogen and oxygen atoms in total. The molecule has 2 N–H and O–H groups in total. The number of hydrogen-bond acceptors (Lipinski definition) is 3. The average molecular weight is 403 g/mol. The predicted octanol–water partition coefficient (Wildman–Crippen LogP) is 4.48. The maximum Gasteiger partial charge on any atom is 0.422 e. The van der Waals surface area contributed by atoms with Gasteiger partial charge >= 0.3 is 6.18 Å². The lowest BCUT2D eigenvalue weighted by molar-refractivity contribution is -0.154. The standard InChI is InChI=1S/C21H20F3N3O2/c1-12(14-5-6-18(26-10-14)29-11-21(22,23)24)27-20(28)17-9-16(17)15-4-2-3-13-7-8-25-19(13)15/h2-8,10,12,16-17,25H,9,11H2,1H3,(H,27,28)/t12?,16-,17+/m0/s1. The topological polar surface area (TPSA) is 67.0 Å². The summed E-state index contributed by atoms with van der Waals surface area (Å²) in [5, 5.41) is 4.09. The molecule has 3 atom stereocenters. The second-order valence-corrected chi connectivity index (χ2v) is 7.30. The highest BCUT2D eigenvalue weighted by atomic mass is 19.4. The van der Waals surface area contributed by atoms with Gasteiger partial charge in [0.1, 0.15) is 0 Å². The molecule has 4 rings (SSSR count). The quantitative estimate of drug-likeness (QED) is 0.638. The number of carbonyl (C=O) groups excluding carboxylic acids is 1. The Morgan fingerprint density at radius 2 is 2.14 bits per heavy atom. The van der Waals surface area contributed by atoms with Crippen LogP contribution in [0.2, 0.25) is 0 Å². The zero-order valence-electron chi connectivity index (χ0n) is 15.7. The van der Waals surface area contributed by atoms with Gasteiger partial charge in [-0.05, 0) is 41.8 Å². The van der Waals surface area contributed by atoms with Crippen LogP contribution < -0.4 is 10.1 Å². The highest BCUT2D eigenvalue weighted by Crippen LogP contribution is 2.49. The van der Waals surface area contributed by atoms with Crippen molar-refractivity contribution in [3.05, 3.63) is 59.9 Å². The van der Waals surface area contributed by atoms with Crippen LogP contribution in [0.15, 0.2) is 48.8 Å². The number of rotatable bonds is 6. The van der Waals surface area contributed by atoms with Crippen molar-refractivity contribution in [3.8, 4) is 5.88 Å². The summed E-state index contributed by atoms with van der Waals surface area (Å²) in [6.45, 7) is 0.427. The van der Waals surface area contributed by atoms with Crippen LogP contribution in [-0.2, 0) is 4.79 Å². The number of hydrogen-bond donors (Lipinski definition) is 2. The first kappa shape index (κ1) is 19.3. The van der Waals surface area contributed by atoms with Crippen molar-refractivity contribution in [1.82, 2.24) is 15.3 Å². The highest BCUT2D eigenvalue weighted by molar-refractivity contribution is 5.88. The Morgan fingerprint density at radius 1 is 1.31 bits per heavy atom. The van der Waals surface area contributed by atoms with Gasteiger partial charge in [0.15, 0.2) is 6.61 Å². The number of H-pyrrole nitrogens is 1. The van der Waals surface area contributed by atoms with E-state index in [1.165, 1.54) is 12.3 Å². The number of amides is 1. The fraction of sp³-hybridized carbons (Fsp3) is 0.333. The smallest absolute Gasteiger partial charge is 0.422 e. The van der Waals surface area contributed by atoms with Crippen LogP contribution in [0.4, 0.5) is 13.2 Å². The van der Waals surface area contributed by atoms with Gasteiger partial charge in [0.25, 0.3) is 0 Å². The molecule has 1 aliphatic carbocycles. The van der Waals surface area contributed by atoms with E-state index in [4.69, 9.17) is 0 Å². The number of alkyl halides is 3. The number of nitrogens with zero attached hydrogens (tertiary/aromatic N) is 1. The number of benzene rings is 1. The van der Waals surface area contributed by atoms with Crippen molar-refractivity contribution in [1.29, 1.82) is 0 Å². The van der Waals surface area contributed by atoms with E-state index in [0.29, 0.717) is 5.56 Å². The van der Waals surface area contributed by atoms with Gasteiger partial charge in [0.2, 0.25) is 11.8 Å². The Labute approximate surface area is 165 Å². The summed E-state index contributed by atoms with van der Waals surface area (Å²) in [6, 6.07) is 10.7. The molecule has 0 radical (unpaired) electrons. The molecule has 29 heavy (non-hydrogen) atoms.